The van der Waals surface area contributed by atoms with Crippen molar-refractivity contribution >= 4 is 12.6 Å². The highest BCUT2D eigenvalue weighted by Crippen LogP contribution is 2.12. The van der Waals surface area contributed by atoms with Crippen LogP contribution in [0.2, 0.25) is 0 Å². The smallest absolute Gasteiger partial charge is 0.423 e. The molecule has 1 atom stereocenters. The zero-order valence-corrected chi connectivity index (χ0v) is 11.8. The first kappa shape index (κ1) is 15.2. The van der Waals surface area contributed by atoms with Crippen LogP contribution in [0, 0.1) is 5.92 Å². The molecule has 0 bridgehead atoms. The molecule has 1 unspecified atom stereocenters. The molecule has 0 aliphatic rings. The average molecular weight is 249 g/mol. The first-order chi connectivity index (χ1) is 8.40. The summed E-state index contributed by atoms with van der Waals surface area (Å²) in [6.07, 6.45) is 1.18. The molecule has 2 N–H and O–H groups in total. The van der Waals surface area contributed by atoms with Crippen molar-refractivity contribution in [3.8, 4) is 0 Å². The van der Waals surface area contributed by atoms with E-state index in [1.54, 1.807) is 12.1 Å². The van der Waals surface area contributed by atoms with Gasteiger partial charge in [0.25, 0.3) is 0 Å². The summed E-state index contributed by atoms with van der Waals surface area (Å²) in [4.78, 5) is 2.32. The number of benzene rings is 1. The van der Waals surface area contributed by atoms with Gasteiger partial charge in [0.15, 0.2) is 0 Å². The second kappa shape index (κ2) is 6.93. The topological polar surface area (TPSA) is 43.7 Å². The van der Waals surface area contributed by atoms with Crippen LogP contribution in [-0.2, 0) is 6.54 Å². The van der Waals surface area contributed by atoms with Gasteiger partial charge in [0.2, 0.25) is 0 Å². The highest BCUT2D eigenvalue weighted by atomic mass is 16.4. The van der Waals surface area contributed by atoms with Crippen LogP contribution in [0.1, 0.15) is 32.8 Å². The first-order valence-corrected chi connectivity index (χ1v) is 6.55. The second-order valence-corrected chi connectivity index (χ2v) is 5.51. The van der Waals surface area contributed by atoms with Gasteiger partial charge in [-0.25, -0.2) is 0 Å². The lowest BCUT2D eigenvalue weighted by Gasteiger charge is -2.26. The second-order valence-electron chi connectivity index (χ2n) is 5.51. The van der Waals surface area contributed by atoms with Crippen molar-refractivity contribution in [2.45, 2.75) is 39.8 Å². The standard InChI is InChI=1S/C14H24BNO2/c1-11(2)9-12(3)16(4)10-13-5-7-14(8-6-13)15(17)18/h5-8,11-12,17-18H,9-10H2,1-4H3. The Morgan fingerprint density at radius 1 is 1.11 bits per heavy atom. The van der Waals surface area contributed by atoms with Gasteiger partial charge in [0.05, 0.1) is 0 Å². The van der Waals surface area contributed by atoms with E-state index in [-0.39, 0.29) is 0 Å². The Hall–Kier alpha value is -0.835. The van der Waals surface area contributed by atoms with Crippen LogP contribution < -0.4 is 5.46 Å². The van der Waals surface area contributed by atoms with E-state index in [9.17, 15) is 0 Å². The Morgan fingerprint density at radius 3 is 2.11 bits per heavy atom. The number of rotatable bonds is 6. The molecule has 3 nitrogen and oxygen atoms in total. The van der Waals surface area contributed by atoms with Crippen molar-refractivity contribution in [3.63, 3.8) is 0 Å². The maximum atomic E-state index is 9.03. The van der Waals surface area contributed by atoms with Gasteiger partial charge in [-0.05, 0) is 37.3 Å². The third-order valence-electron chi connectivity index (χ3n) is 3.27. The van der Waals surface area contributed by atoms with Crippen LogP contribution in [0.25, 0.3) is 0 Å². The van der Waals surface area contributed by atoms with E-state index in [1.165, 1.54) is 12.0 Å². The molecule has 0 fully saturated rings. The Kier molecular flexibility index (Phi) is 5.86. The Bertz CT molecular complexity index is 351. The van der Waals surface area contributed by atoms with Gasteiger partial charge in [-0.2, -0.15) is 0 Å². The summed E-state index contributed by atoms with van der Waals surface area (Å²) in [5.74, 6) is 0.703. The van der Waals surface area contributed by atoms with E-state index >= 15 is 0 Å². The summed E-state index contributed by atoms with van der Waals surface area (Å²) < 4.78 is 0. The molecule has 0 saturated heterocycles. The van der Waals surface area contributed by atoms with Crippen LogP contribution in [0.3, 0.4) is 0 Å². The fraction of sp³-hybridized carbons (Fsp3) is 0.571. The molecule has 0 amide bonds. The van der Waals surface area contributed by atoms with Crippen LogP contribution in [0.15, 0.2) is 24.3 Å². The number of hydrogen-bond donors (Lipinski definition) is 2. The quantitative estimate of drug-likeness (QED) is 0.745. The number of hydrogen-bond acceptors (Lipinski definition) is 3. The molecule has 100 valence electrons. The number of nitrogens with zero attached hydrogens (tertiary/aromatic N) is 1. The SMILES string of the molecule is CC(C)CC(C)N(C)Cc1ccc(B(O)O)cc1. The lowest BCUT2D eigenvalue weighted by Crippen LogP contribution is -2.31. The Morgan fingerprint density at radius 2 is 1.67 bits per heavy atom. The van der Waals surface area contributed by atoms with E-state index < -0.39 is 7.12 Å². The van der Waals surface area contributed by atoms with E-state index in [2.05, 4.69) is 32.7 Å². The van der Waals surface area contributed by atoms with Gasteiger partial charge in [-0.15, -0.1) is 0 Å². The van der Waals surface area contributed by atoms with Crippen molar-refractivity contribution in [1.29, 1.82) is 0 Å². The van der Waals surface area contributed by atoms with Crippen molar-refractivity contribution in [1.82, 2.24) is 4.90 Å². The zero-order chi connectivity index (χ0) is 13.7. The van der Waals surface area contributed by atoms with Crippen LogP contribution in [-0.4, -0.2) is 35.2 Å². The molecule has 1 aromatic carbocycles. The highest BCUT2D eigenvalue weighted by molar-refractivity contribution is 6.58. The van der Waals surface area contributed by atoms with Crippen LogP contribution >= 0.6 is 0 Å². The van der Waals surface area contributed by atoms with E-state index in [0.717, 1.165) is 6.54 Å². The maximum Gasteiger partial charge on any atom is 0.488 e. The predicted molar refractivity (Wildman–Crippen MR) is 76.7 cm³/mol. The first-order valence-electron chi connectivity index (χ1n) is 6.55. The highest BCUT2D eigenvalue weighted by Gasteiger charge is 2.13. The lowest BCUT2D eigenvalue weighted by atomic mass is 9.80. The van der Waals surface area contributed by atoms with Crippen LogP contribution in [0.4, 0.5) is 0 Å². The summed E-state index contributed by atoms with van der Waals surface area (Å²) in [6.45, 7) is 7.60. The molecular formula is C14H24BNO2. The van der Waals surface area contributed by atoms with Gasteiger partial charge < -0.3 is 10.0 Å². The molecule has 0 radical (unpaired) electrons. The molecule has 0 spiro atoms. The van der Waals surface area contributed by atoms with Crippen LogP contribution in [0.5, 0.6) is 0 Å². The molecule has 1 aromatic rings. The fourth-order valence-electron chi connectivity index (χ4n) is 2.10. The molecule has 0 saturated carbocycles. The van der Waals surface area contributed by atoms with Gasteiger partial charge in [0.1, 0.15) is 0 Å². The van der Waals surface area contributed by atoms with E-state index in [0.29, 0.717) is 17.4 Å². The summed E-state index contributed by atoms with van der Waals surface area (Å²) in [5.41, 5.74) is 1.73. The van der Waals surface area contributed by atoms with Crippen molar-refractivity contribution in [3.05, 3.63) is 29.8 Å². The van der Waals surface area contributed by atoms with Crippen molar-refractivity contribution in [2.24, 2.45) is 5.92 Å². The minimum absolute atomic E-state index is 0.539. The van der Waals surface area contributed by atoms with Gasteiger partial charge >= 0.3 is 7.12 Å². The van der Waals surface area contributed by atoms with Gasteiger partial charge in [-0.3, -0.25) is 4.90 Å². The summed E-state index contributed by atoms with van der Waals surface area (Å²) in [5, 5.41) is 18.1. The van der Waals surface area contributed by atoms with E-state index in [1.807, 2.05) is 12.1 Å². The van der Waals surface area contributed by atoms with Crippen molar-refractivity contribution < 1.29 is 10.0 Å². The van der Waals surface area contributed by atoms with Crippen molar-refractivity contribution in [2.75, 3.05) is 7.05 Å². The molecule has 18 heavy (non-hydrogen) atoms. The largest absolute Gasteiger partial charge is 0.488 e. The maximum absolute atomic E-state index is 9.03. The molecule has 0 aromatic heterocycles. The third kappa shape index (κ3) is 4.80. The molecule has 0 heterocycles. The summed E-state index contributed by atoms with van der Waals surface area (Å²) in [7, 11) is 0.749. The third-order valence-corrected chi connectivity index (χ3v) is 3.27. The molecule has 0 aliphatic heterocycles. The minimum atomic E-state index is -1.38. The predicted octanol–water partition coefficient (Wildman–Crippen LogP) is 1.23. The normalized spacial score (nSPS) is 13.1. The monoisotopic (exact) mass is 249 g/mol. The molecule has 4 heteroatoms. The summed E-state index contributed by atoms with van der Waals surface area (Å²) >= 11 is 0. The lowest BCUT2D eigenvalue weighted by molar-refractivity contribution is 0.220. The Labute approximate surface area is 111 Å². The fourth-order valence-corrected chi connectivity index (χ4v) is 2.10. The van der Waals surface area contributed by atoms with Gasteiger partial charge in [0, 0.05) is 12.6 Å². The molecule has 1 rings (SSSR count). The minimum Gasteiger partial charge on any atom is -0.423 e. The summed E-state index contributed by atoms with van der Waals surface area (Å²) in [6, 6.07) is 7.98. The van der Waals surface area contributed by atoms with Gasteiger partial charge in [-0.1, -0.05) is 38.1 Å². The Balaban J connectivity index is 2.56. The molecule has 0 aliphatic carbocycles. The van der Waals surface area contributed by atoms with E-state index in [4.69, 9.17) is 10.0 Å². The molecular weight excluding hydrogens is 225 g/mol. The average Bonchev–Trinajstić information content (AvgIpc) is 2.28. The zero-order valence-electron chi connectivity index (χ0n) is 11.8.